The van der Waals surface area contributed by atoms with E-state index in [4.69, 9.17) is 4.98 Å². The minimum absolute atomic E-state index is 0.121. The first kappa shape index (κ1) is 14.5. The number of hydrogen-bond donors (Lipinski definition) is 1. The van der Waals surface area contributed by atoms with Crippen molar-refractivity contribution in [3.8, 4) is 11.3 Å². The van der Waals surface area contributed by atoms with Crippen molar-refractivity contribution in [2.75, 3.05) is 5.32 Å². The van der Waals surface area contributed by atoms with Crippen LogP contribution in [0.25, 0.3) is 22.0 Å². The van der Waals surface area contributed by atoms with Crippen LogP contribution in [0.5, 0.6) is 0 Å². The second-order valence-electron chi connectivity index (χ2n) is 6.46. The molecule has 1 heterocycles. The highest BCUT2D eigenvalue weighted by molar-refractivity contribution is 5.94. The molecule has 0 spiro atoms. The third kappa shape index (κ3) is 3.08. The fourth-order valence-corrected chi connectivity index (χ4v) is 2.44. The maximum absolute atomic E-state index is 13.6. The van der Waals surface area contributed by atoms with E-state index in [0.717, 1.165) is 27.8 Å². The van der Waals surface area contributed by atoms with Gasteiger partial charge in [-0.2, -0.15) is 0 Å². The van der Waals surface area contributed by atoms with Gasteiger partial charge in [0.25, 0.3) is 0 Å². The summed E-state index contributed by atoms with van der Waals surface area (Å²) in [6.45, 7) is 6.25. The van der Waals surface area contributed by atoms with Crippen LogP contribution in [-0.4, -0.2) is 10.5 Å². The summed E-state index contributed by atoms with van der Waals surface area (Å²) < 4.78 is 13.6. The summed E-state index contributed by atoms with van der Waals surface area (Å²) >= 11 is 0. The molecule has 3 aromatic rings. The van der Waals surface area contributed by atoms with E-state index in [1.54, 1.807) is 12.1 Å². The summed E-state index contributed by atoms with van der Waals surface area (Å²) in [4.78, 5) is 4.75. The third-order valence-electron chi connectivity index (χ3n) is 3.36. The van der Waals surface area contributed by atoms with Crippen molar-refractivity contribution >= 4 is 16.6 Å². The van der Waals surface area contributed by atoms with Gasteiger partial charge in [0, 0.05) is 16.5 Å². The molecule has 22 heavy (non-hydrogen) atoms. The molecule has 0 saturated heterocycles. The van der Waals surface area contributed by atoms with E-state index in [2.05, 4.69) is 26.1 Å². The van der Waals surface area contributed by atoms with Gasteiger partial charge in [-0.3, -0.25) is 0 Å². The lowest BCUT2D eigenvalue weighted by Gasteiger charge is -2.23. The number of hydrogen-bond acceptors (Lipinski definition) is 2. The lowest BCUT2D eigenvalue weighted by atomic mass is 10.0. The number of pyridine rings is 1. The van der Waals surface area contributed by atoms with Crippen molar-refractivity contribution in [3.05, 3.63) is 60.4 Å². The molecule has 0 aliphatic rings. The number of anilines is 1. The molecular weight excluding hydrogens is 275 g/mol. The lowest BCUT2D eigenvalue weighted by Crippen LogP contribution is -2.26. The molecule has 1 N–H and O–H groups in total. The van der Waals surface area contributed by atoms with E-state index in [0.29, 0.717) is 0 Å². The van der Waals surface area contributed by atoms with Gasteiger partial charge in [0.15, 0.2) is 0 Å². The summed E-state index contributed by atoms with van der Waals surface area (Å²) in [5.41, 5.74) is 1.74. The topological polar surface area (TPSA) is 24.9 Å². The van der Waals surface area contributed by atoms with Gasteiger partial charge in [0.1, 0.15) is 11.6 Å². The second kappa shape index (κ2) is 5.41. The van der Waals surface area contributed by atoms with Gasteiger partial charge in [0.05, 0.1) is 5.69 Å². The molecule has 2 nitrogen and oxygen atoms in total. The Morgan fingerprint density at radius 1 is 0.955 bits per heavy atom. The molecule has 2 aromatic carbocycles. The van der Waals surface area contributed by atoms with E-state index in [-0.39, 0.29) is 11.4 Å². The summed E-state index contributed by atoms with van der Waals surface area (Å²) in [5, 5.41) is 5.19. The molecule has 0 aliphatic heterocycles. The van der Waals surface area contributed by atoms with Gasteiger partial charge in [-0.05, 0) is 50.4 Å². The fourth-order valence-electron chi connectivity index (χ4n) is 2.44. The molecule has 3 rings (SSSR count). The molecule has 0 atom stereocenters. The maximum atomic E-state index is 13.6. The predicted octanol–water partition coefficient (Wildman–Crippen LogP) is 5.25. The molecule has 0 saturated carbocycles. The van der Waals surface area contributed by atoms with E-state index in [9.17, 15) is 4.39 Å². The normalized spacial score (nSPS) is 11.6. The quantitative estimate of drug-likeness (QED) is 0.698. The maximum Gasteiger partial charge on any atom is 0.134 e. The number of nitrogens with one attached hydrogen (secondary N) is 1. The Balaban J connectivity index is 2.23. The minimum Gasteiger partial charge on any atom is -0.365 e. The van der Waals surface area contributed by atoms with Crippen LogP contribution in [0.1, 0.15) is 20.8 Å². The van der Waals surface area contributed by atoms with Gasteiger partial charge in [-0.25, -0.2) is 9.37 Å². The summed E-state index contributed by atoms with van der Waals surface area (Å²) in [6.07, 6.45) is 0. The number of nitrogens with zero attached hydrogens (tertiary/aromatic N) is 1. The highest BCUT2D eigenvalue weighted by Gasteiger charge is 2.14. The Hall–Kier alpha value is -2.42. The zero-order chi connectivity index (χ0) is 15.7. The molecule has 1 aromatic heterocycles. The van der Waals surface area contributed by atoms with E-state index < -0.39 is 0 Å². The highest BCUT2D eigenvalue weighted by atomic mass is 19.1. The molecule has 0 fully saturated rings. The number of halogens is 1. The van der Waals surface area contributed by atoms with E-state index >= 15 is 0 Å². The smallest absolute Gasteiger partial charge is 0.134 e. The summed E-state index contributed by atoms with van der Waals surface area (Å²) in [7, 11) is 0. The average Bonchev–Trinajstić information content (AvgIpc) is 2.46. The Bertz CT molecular complexity index is 805. The van der Waals surface area contributed by atoms with Gasteiger partial charge in [0.2, 0.25) is 0 Å². The van der Waals surface area contributed by atoms with Crippen molar-refractivity contribution in [3.63, 3.8) is 0 Å². The second-order valence-corrected chi connectivity index (χ2v) is 6.46. The monoisotopic (exact) mass is 294 g/mol. The molecule has 0 amide bonds. The van der Waals surface area contributed by atoms with Crippen LogP contribution < -0.4 is 5.32 Å². The Morgan fingerprint density at radius 2 is 1.68 bits per heavy atom. The zero-order valence-corrected chi connectivity index (χ0v) is 13.0. The van der Waals surface area contributed by atoms with Crippen molar-refractivity contribution in [1.29, 1.82) is 0 Å². The molecule has 3 heteroatoms. The number of fused-ring (bicyclic) bond motifs is 1. The van der Waals surface area contributed by atoms with Crippen LogP contribution in [-0.2, 0) is 0 Å². The predicted molar refractivity (Wildman–Crippen MR) is 90.5 cm³/mol. The summed E-state index contributed by atoms with van der Waals surface area (Å²) in [6, 6.07) is 16.7. The first-order valence-corrected chi connectivity index (χ1v) is 7.36. The molecule has 0 aliphatic carbocycles. The van der Waals surface area contributed by atoms with Crippen LogP contribution in [0, 0.1) is 5.82 Å². The molecule has 0 unspecified atom stereocenters. The molecule has 0 radical (unpaired) electrons. The Kier molecular flexibility index (Phi) is 3.57. The number of benzene rings is 2. The Morgan fingerprint density at radius 3 is 2.36 bits per heavy atom. The van der Waals surface area contributed by atoms with Crippen molar-refractivity contribution in [2.45, 2.75) is 26.3 Å². The van der Waals surface area contributed by atoms with E-state index in [1.165, 1.54) is 6.07 Å². The molecular formula is C19H19FN2. The van der Waals surface area contributed by atoms with Gasteiger partial charge >= 0.3 is 0 Å². The number of aromatic nitrogens is 1. The van der Waals surface area contributed by atoms with Gasteiger partial charge in [-0.1, -0.05) is 30.3 Å². The van der Waals surface area contributed by atoms with Crippen LogP contribution in [0.15, 0.2) is 54.6 Å². The fraction of sp³-hybridized carbons (Fsp3) is 0.211. The SMILES string of the molecule is CC(C)(C)Nc1nc(-c2ccccc2)cc2cc(F)ccc12. The zero-order valence-electron chi connectivity index (χ0n) is 13.0. The first-order valence-electron chi connectivity index (χ1n) is 7.36. The van der Waals surface area contributed by atoms with Gasteiger partial charge < -0.3 is 5.32 Å². The molecule has 112 valence electrons. The van der Waals surface area contributed by atoms with Crippen LogP contribution >= 0.6 is 0 Å². The van der Waals surface area contributed by atoms with Crippen LogP contribution in [0.4, 0.5) is 10.2 Å². The van der Waals surface area contributed by atoms with Crippen molar-refractivity contribution in [2.24, 2.45) is 0 Å². The van der Waals surface area contributed by atoms with Gasteiger partial charge in [-0.15, -0.1) is 0 Å². The van der Waals surface area contributed by atoms with Crippen LogP contribution in [0.2, 0.25) is 0 Å². The third-order valence-corrected chi connectivity index (χ3v) is 3.36. The van der Waals surface area contributed by atoms with E-state index in [1.807, 2.05) is 36.4 Å². The largest absolute Gasteiger partial charge is 0.365 e. The average molecular weight is 294 g/mol. The lowest BCUT2D eigenvalue weighted by molar-refractivity contribution is 0.629. The molecule has 0 bridgehead atoms. The number of rotatable bonds is 2. The standard InChI is InChI=1S/C19H19FN2/c1-19(2,3)22-18-16-10-9-15(20)11-14(16)12-17(21-18)13-7-5-4-6-8-13/h4-12H,1-3H3,(H,21,22). The van der Waals surface area contributed by atoms with Crippen molar-refractivity contribution in [1.82, 2.24) is 4.98 Å². The summed E-state index contributed by atoms with van der Waals surface area (Å²) in [5.74, 6) is 0.545. The Labute approximate surface area is 130 Å². The first-order chi connectivity index (χ1) is 10.4. The van der Waals surface area contributed by atoms with Crippen molar-refractivity contribution < 1.29 is 4.39 Å². The van der Waals surface area contributed by atoms with Crippen LogP contribution in [0.3, 0.4) is 0 Å². The minimum atomic E-state index is -0.237. The highest BCUT2D eigenvalue weighted by Crippen LogP contribution is 2.29.